The number of rotatable bonds is 9. The summed E-state index contributed by atoms with van der Waals surface area (Å²) in [6.07, 6.45) is 0.427. The van der Waals surface area contributed by atoms with Gasteiger partial charge in [0.05, 0.1) is 6.10 Å². The topological polar surface area (TPSA) is 50.7 Å². The second kappa shape index (κ2) is 9.16. The van der Waals surface area contributed by atoms with E-state index in [1.54, 1.807) is 7.11 Å². The lowest BCUT2D eigenvalue weighted by Gasteiger charge is -2.09. The second-order valence-corrected chi connectivity index (χ2v) is 4.27. The fourth-order valence-electron chi connectivity index (χ4n) is 1.44. The van der Waals surface area contributed by atoms with E-state index in [0.29, 0.717) is 6.54 Å². The second-order valence-electron chi connectivity index (χ2n) is 3.96. The lowest BCUT2D eigenvalue weighted by atomic mass is 10.1. The summed E-state index contributed by atoms with van der Waals surface area (Å²) in [6, 6.07) is 7.87. The Bertz CT molecular complexity index is 319. The molecule has 1 aromatic rings. The van der Waals surface area contributed by atoms with Gasteiger partial charge in [0.1, 0.15) is 5.75 Å². The standard InChI is InChI=1S/C13H20ClNO3/c1-17-10-18-13-4-2-11(3-5-13)6-7-15-9-12(16)8-14/h2-5,12,15-16H,6-10H2,1H3. The Morgan fingerprint density at radius 1 is 1.33 bits per heavy atom. The van der Waals surface area contributed by atoms with E-state index in [2.05, 4.69) is 5.32 Å². The summed E-state index contributed by atoms with van der Waals surface area (Å²) in [4.78, 5) is 0. The van der Waals surface area contributed by atoms with Gasteiger partial charge in [-0.1, -0.05) is 12.1 Å². The molecule has 1 unspecified atom stereocenters. The van der Waals surface area contributed by atoms with Gasteiger partial charge >= 0.3 is 0 Å². The van der Waals surface area contributed by atoms with Crippen molar-refractivity contribution in [3.63, 3.8) is 0 Å². The quantitative estimate of drug-likeness (QED) is 0.406. The normalized spacial score (nSPS) is 12.4. The van der Waals surface area contributed by atoms with Gasteiger partial charge in [0.15, 0.2) is 6.79 Å². The van der Waals surface area contributed by atoms with Gasteiger partial charge in [0.25, 0.3) is 0 Å². The first-order valence-electron chi connectivity index (χ1n) is 5.91. The molecule has 0 spiro atoms. The van der Waals surface area contributed by atoms with Crippen LogP contribution in [-0.2, 0) is 11.2 Å². The van der Waals surface area contributed by atoms with Crippen molar-refractivity contribution < 1.29 is 14.6 Å². The van der Waals surface area contributed by atoms with Crippen LogP contribution in [0.25, 0.3) is 0 Å². The number of aliphatic hydroxyl groups excluding tert-OH is 1. The summed E-state index contributed by atoms with van der Waals surface area (Å²) in [6.45, 7) is 1.60. The molecule has 2 N–H and O–H groups in total. The van der Waals surface area contributed by atoms with Gasteiger partial charge in [0, 0.05) is 19.5 Å². The molecule has 4 nitrogen and oxygen atoms in total. The van der Waals surface area contributed by atoms with E-state index in [9.17, 15) is 5.11 Å². The minimum atomic E-state index is -0.475. The van der Waals surface area contributed by atoms with Gasteiger partial charge < -0.3 is 19.9 Å². The third kappa shape index (κ3) is 6.21. The molecule has 0 fully saturated rings. The zero-order chi connectivity index (χ0) is 13.2. The Morgan fingerprint density at radius 3 is 2.67 bits per heavy atom. The molecule has 102 valence electrons. The number of methoxy groups -OCH3 is 1. The number of halogens is 1. The first-order chi connectivity index (χ1) is 8.76. The van der Waals surface area contributed by atoms with E-state index in [-0.39, 0.29) is 12.7 Å². The molecule has 0 aliphatic carbocycles. The van der Waals surface area contributed by atoms with Crippen LogP contribution in [0, 0.1) is 0 Å². The molecule has 1 rings (SSSR count). The number of nitrogens with one attached hydrogen (secondary N) is 1. The van der Waals surface area contributed by atoms with Gasteiger partial charge in [0.2, 0.25) is 0 Å². The number of hydrogen-bond acceptors (Lipinski definition) is 4. The summed E-state index contributed by atoms with van der Waals surface area (Å²) >= 11 is 5.49. The first kappa shape index (κ1) is 15.2. The number of aliphatic hydroxyl groups is 1. The molecule has 18 heavy (non-hydrogen) atoms. The maximum atomic E-state index is 9.25. The third-order valence-electron chi connectivity index (χ3n) is 2.42. The molecule has 0 aliphatic rings. The van der Waals surface area contributed by atoms with Crippen molar-refractivity contribution in [2.24, 2.45) is 0 Å². The van der Waals surface area contributed by atoms with Crippen molar-refractivity contribution >= 4 is 11.6 Å². The summed E-state index contributed by atoms with van der Waals surface area (Å²) in [5.41, 5.74) is 1.22. The zero-order valence-corrected chi connectivity index (χ0v) is 11.3. The largest absolute Gasteiger partial charge is 0.468 e. The Morgan fingerprint density at radius 2 is 2.06 bits per heavy atom. The summed E-state index contributed by atoms with van der Waals surface area (Å²) < 4.78 is 10.1. The predicted octanol–water partition coefficient (Wildman–Crippen LogP) is 1.40. The Labute approximate surface area is 113 Å². The minimum Gasteiger partial charge on any atom is -0.468 e. The fraction of sp³-hybridized carbons (Fsp3) is 0.538. The zero-order valence-electron chi connectivity index (χ0n) is 10.6. The van der Waals surface area contributed by atoms with Crippen molar-refractivity contribution in [2.75, 3.05) is 32.9 Å². The van der Waals surface area contributed by atoms with Crippen molar-refractivity contribution in [3.05, 3.63) is 29.8 Å². The molecule has 0 aromatic heterocycles. The Balaban J connectivity index is 2.22. The van der Waals surface area contributed by atoms with Crippen LogP contribution in [0.1, 0.15) is 5.56 Å². The molecule has 0 heterocycles. The number of hydrogen-bond donors (Lipinski definition) is 2. The molecule has 1 atom stereocenters. The number of alkyl halides is 1. The molecule has 0 aliphatic heterocycles. The van der Waals surface area contributed by atoms with Crippen LogP contribution in [0.15, 0.2) is 24.3 Å². The van der Waals surface area contributed by atoms with Crippen molar-refractivity contribution in [2.45, 2.75) is 12.5 Å². The van der Waals surface area contributed by atoms with E-state index >= 15 is 0 Å². The molecule has 0 saturated carbocycles. The van der Waals surface area contributed by atoms with Crippen molar-refractivity contribution in [1.82, 2.24) is 5.32 Å². The van der Waals surface area contributed by atoms with Gasteiger partial charge in [-0.25, -0.2) is 0 Å². The van der Waals surface area contributed by atoms with E-state index in [1.165, 1.54) is 5.56 Å². The average molecular weight is 274 g/mol. The number of benzene rings is 1. The molecule has 5 heteroatoms. The maximum absolute atomic E-state index is 9.25. The van der Waals surface area contributed by atoms with E-state index < -0.39 is 6.10 Å². The van der Waals surface area contributed by atoms with E-state index in [1.807, 2.05) is 24.3 Å². The lowest BCUT2D eigenvalue weighted by molar-refractivity contribution is 0.0511. The van der Waals surface area contributed by atoms with Crippen LogP contribution in [0.3, 0.4) is 0 Å². The first-order valence-corrected chi connectivity index (χ1v) is 6.45. The van der Waals surface area contributed by atoms with Crippen LogP contribution >= 0.6 is 11.6 Å². The van der Waals surface area contributed by atoms with Crippen molar-refractivity contribution in [1.29, 1.82) is 0 Å². The summed E-state index contributed by atoms with van der Waals surface area (Å²) in [5.74, 6) is 1.06. The predicted molar refractivity (Wildman–Crippen MR) is 72.2 cm³/mol. The highest BCUT2D eigenvalue weighted by molar-refractivity contribution is 6.18. The van der Waals surface area contributed by atoms with Crippen LogP contribution < -0.4 is 10.1 Å². The third-order valence-corrected chi connectivity index (χ3v) is 2.77. The van der Waals surface area contributed by atoms with Gasteiger partial charge in [-0.2, -0.15) is 0 Å². The number of ether oxygens (including phenoxy) is 2. The average Bonchev–Trinajstić information content (AvgIpc) is 2.42. The van der Waals surface area contributed by atoms with Crippen LogP contribution in [0.5, 0.6) is 5.75 Å². The van der Waals surface area contributed by atoms with Gasteiger partial charge in [-0.05, 0) is 30.7 Å². The molecule has 0 amide bonds. The van der Waals surface area contributed by atoms with Gasteiger partial charge in [-0.3, -0.25) is 0 Å². The molecular formula is C13H20ClNO3. The van der Waals surface area contributed by atoms with Gasteiger partial charge in [-0.15, -0.1) is 11.6 Å². The highest BCUT2D eigenvalue weighted by Crippen LogP contribution is 2.12. The molecule has 0 bridgehead atoms. The molecule has 0 radical (unpaired) electrons. The fourth-order valence-corrected chi connectivity index (χ4v) is 1.54. The SMILES string of the molecule is COCOc1ccc(CCNCC(O)CCl)cc1. The maximum Gasteiger partial charge on any atom is 0.188 e. The summed E-state index contributed by atoms with van der Waals surface area (Å²) in [7, 11) is 1.59. The highest BCUT2D eigenvalue weighted by Gasteiger charge is 2.00. The van der Waals surface area contributed by atoms with E-state index in [4.69, 9.17) is 21.1 Å². The lowest BCUT2D eigenvalue weighted by Crippen LogP contribution is -2.29. The monoisotopic (exact) mass is 273 g/mol. The minimum absolute atomic E-state index is 0.261. The van der Waals surface area contributed by atoms with Crippen molar-refractivity contribution in [3.8, 4) is 5.75 Å². The van der Waals surface area contributed by atoms with E-state index in [0.717, 1.165) is 18.7 Å². The molecular weight excluding hydrogens is 254 g/mol. The molecule has 0 saturated heterocycles. The summed E-state index contributed by atoms with van der Waals surface area (Å²) in [5, 5.41) is 12.4. The Hall–Kier alpha value is -0.810. The Kier molecular flexibility index (Phi) is 7.76. The highest BCUT2D eigenvalue weighted by atomic mass is 35.5. The van der Waals surface area contributed by atoms with Crippen LogP contribution in [0.2, 0.25) is 0 Å². The van der Waals surface area contributed by atoms with Crippen LogP contribution in [0.4, 0.5) is 0 Å². The smallest absolute Gasteiger partial charge is 0.188 e. The van der Waals surface area contributed by atoms with Crippen LogP contribution in [-0.4, -0.2) is 44.1 Å². The molecule has 1 aromatic carbocycles.